The molecule has 2 N–H and O–H groups in total. The van der Waals surface area contributed by atoms with E-state index in [1.807, 2.05) is 12.1 Å². The molecule has 2 rings (SSSR count). The van der Waals surface area contributed by atoms with Gasteiger partial charge in [0.15, 0.2) is 5.09 Å². The Balaban J connectivity index is 1.85. The molecule has 0 radical (unpaired) electrons. The maximum Gasteiger partial charge on any atom is 0.371 e. The summed E-state index contributed by atoms with van der Waals surface area (Å²) in [5.74, 6) is -1.31. The molecule has 104 valence electrons. The third-order valence-electron chi connectivity index (χ3n) is 2.27. The van der Waals surface area contributed by atoms with Gasteiger partial charge in [-0.15, -0.1) is 0 Å². The van der Waals surface area contributed by atoms with Crippen molar-refractivity contribution in [3.05, 3.63) is 46.6 Å². The number of hydrogen-bond acceptors (Lipinski definition) is 4. The Labute approximate surface area is 127 Å². The standard InChI is InChI=1S/C13H10BrNO4S/c14-8-1-3-9(4-2-8)15-11(16)7-20-12-6-5-10(19-12)13(17)18/h1-6H,7H2,(H,15,16)(H,17,18). The lowest BCUT2D eigenvalue weighted by atomic mass is 10.3. The Morgan fingerprint density at radius 3 is 2.50 bits per heavy atom. The molecular formula is C13H10BrNO4S. The van der Waals surface area contributed by atoms with Crippen molar-refractivity contribution in [1.82, 2.24) is 0 Å². The maximum atomic E-state index is 11.7. The molecule has 1 aromatic heterocycles. The van der Waals surface area contributed by atoms with Gasteiger partial charge < -0.3 is 14.8 Å². The van der Waals surface area contributed by atoms with Crippen LogP contribution in [0.2, 0.25) is 0 Å². The van der Waals surface area contributed by atoms with E-state index in [0.29, 0.717) is 10.8 Å². The van der Waals surface area contributed by atoms with Crippen molar-refractivity contribution in [2.75, 3.05) is 11.1 Å². The molecule has 0 bridgehead atoms. The molecule has 5 nitrogen and oxygen atoms in total. The SMILES string of the molecule is O=C(CSc1ccc(C(=O)O)o1)Nc1ccc(Br)cc1. The average Bonchev–Trinajstić information content (AvgIpc) is 2.88. The molecule has 1 amide bonds. The average molecular weight is 356 g/mol. The molecule has 0 spiro atoms. The second kappa shape index (κ2) is 6.62. The molecule has 0 aliphatic heterocycles. The molecule has 20 heavy (non-hydrogen) atoms. The molecule has 2 aromatic rings. The Hall–Kier alpha value is -1.73. The van der Waals surface area contributed by atoms with Crippen LogP contribution in [0, 0.1) is 0 Å². The molecular weight excluding hydrogens is 346 g/mol. The van der Waals surface area contributed by atoms with E-state index in [9.17, 15) is 9.59 Å². The van der Waals surface area contributed by atoms with E-state index in [4.69, 9.17) is 9.52 Å². The number of hydrogen-bond donors (Lipinski definition) is 2. The number of nitrogens with one attached hydrogen (secondary N) is 1. The number of halogens is 1. The second-order valence-corrected chi connectivity index (χ2v) is 5.66. The van der Waals surface area contributed by atoms with Crippen LogP contribution in [0.25, 0.3) is 0 Å². The number of rotatable bonds is 5. The maximum absolute atomic E-state index is 11.7. The van der Waals surface area contributed by atoms with Crippen molar-refractivity contribution in [3.8, 4) is 0 Å². The van der Waals surface area contributed by atoms with Gasteiger partial charge in [0.25, 0.3) is 0 Å². The molecule has 0 saturated carbocycles. The van der Waals surface area contributed by atoms with Crippen molar-refractivity contribution in [3.63, 3.8) is 0 Å². The summed E-state index contributed by atoms with van der Waals surface area (Å²) in [5, 5.41) is 11.8. The van der Waals surface area contributed by atoms with Gasteiger partial charge in [0.2, 0.25) is 11.7 Å². The zero-order chi connectivity index (χ0) is 14.5. The van der Waals surface area contributed by atoms with Crippen molar-refractivity contribution in [1.29, 1.82) is 0 Å². The third-order valence-corrected chi connectivity index (χ3v) is 3.70. The first-order valence-electron chi connectivity index (χ1n) is 5.56. The highest BCUT2D eigenvalue weighted by molar-refractivity contribution is 9.10. The predicted octanol–water partition coefficient (Wildman–Crippen LogP) is 3.47. The predicted molar refractivity (Wildman–Crippen MR) is 79.2 cm³/mol. The van der Waals surface area contributed by atoms with E-state index in [-0.39, 0.29) is 17.4 Å². The normalized spacial score (nSPS) is 10.2. The van der Waals surface area contributed by atoms with Gasteiger partial charge in [0, 0.05) is 10.2 Å². The van der Waals surface area contributed by atoms with E-state index >= 15 is 0 Å². The fourth-order valence-corrected chi connectivity index (χ4v) is 2.30. The molecule has 0 saturated heterocycles. The summed E-state index contributed by atoms with van der Waals surface area (Å²) in [4.78, 5) is 22.3. The first-order valence-corrected chi connectivity index (χ1v) is 7.34. The molecule has 0 fully saturated rings. The van der Waals surface area contributed by atoms with Crippen LogP contribution in [-0.2, 0) is 4.79 Å². The van der Waals surface area contributed by atoms with Gasteiger partial charge in [-0.25, -0.2) is 4.79 Å². The Bertz CT molecular complexity index is 624. The zero-order valence-corrected chi connectivity index (χ0v) is 12.5. The van der Waals surface area contributed by atoms with Gasteiger partial charge in [-0.2, -0.15) is 0 Å². The number of anilines is 1. The van der Waals surface area contributed by atoms with Crippen molar-refractivity contribution in [2.45, 2.75) is 5.09 Å². The lowest BCUT2D eigenvalue weighted by molar-refractivity contribution is -0.113. The molecule has 1 aromatic carbocycles. The molecule has 7 heteroatoms. The lowest BCUT2D eigenvalue weighted by Crippen LogP contribution is -2.13. The first-order chi connectivity index (χ1) is 9.54. The van der Waals surface area contributed by atoms with Gasteiger partial charge in [0.1, 0.15) is 0 Å². The lowest BCUT2D eigenvalue weighted by Gasteiger charge is -2.04. The minimum atomic E-state index is -1.13. The Morgan fingerprint density at radius 2 is 1.90 bits per heavy atom. The van der Waals surface area contributed by atoms with Gasteiger partial charge in [-0.05, 0) is 36.4 Å². The summed E-state index contributed by atoms with van der Waals surface area (Å²) >= 11 is 4.45. The van der Waals surface area contributed by atoms with Crippen LogP contribution in [0.5, 0.6) is 0 Å². The number of furan rings is 1. The van der Waals surface area contributed by atoms with Crippen LogP contribution < -0.4 is 5.32 Å². The fraction of sp³-hybridized carbons (Fsp3) is 0.0769. The van der Waals surface area contributed by atoms with Gasteiger partial charge in [-0.1, -0.05) is 27.7 Å². The number of carbonyl (C=O) groups is 2. The largest absolute Gasteiger partial charge is 0.475 e. The van der Waals surface area contributed by atoms with E-state index in [2.05, 4.69) is 21.2 Å². The third kappa shape index (κ3) is 4.14. The molecule has 0 unspecified atom stereocenters. The summed E-state index contributed by atoms with van der Waals surface area (Å²) in [7, 11) is 0. The number of thioether (sulfide) groups is 1. The molecule has 0 atom stereocenters. The summed E-state index contributed by atoms with van der Waals surface area (Å²) in [6.45, 7) is 0. The zero-order valence-electron chi connectivity index (χ0n) is 10.1. The number of carboxylic acids is 1. The van der Waals surface area contributed by atoms with Crippen LogP contribution in [0.3, 0.4) is 0 Å². The van der Waals surface area contributed by atoms with E-state index in [1.165, 1.54) is 12.1 Å². The number of carbonyl (C=O) groups excluding carboxylic acids is 1. The summed E-state index contributed by atoms with van der Waals surface area (Å²) < 4.78 is 5.97. The Kier molecular flexibility index (Phi) is 4.86. The van der Waals surface area contributed by atoms with Crippen molar-refractivity contribution < 1.29 is 19.1 Å². The van der Waals surface area contributed by atoms with Gasteiger partial charge >= 0.3 is 5.97 Å². The van der Waals surface area contributed by atoms with Crippen molar-refractivity contribution in [2.24, 2.45) is 0 Å². The second-order valence-electron chi connectivity index (χ2n) is 3.77. The number of carboxylic acid groups (broad SMARTS) is 1. The monoisotopic (exact) mass is 355 g/mol. The number of benzene rings is 1. The summed E-state index contributed by atoms with van der Waals surface area (Å²) in [6.07, 6.45) is 0. The molecule has 0 aliphatic rings. The van der Waals surface area contributed by atoms with Crippen LogP contribution in [0.1, 0.15) is 10.6 Å². The van der Waals surface area contributed by atoms with E-state index < -0.39 is 5.97 Å². The topological polar surface area (TPSA) is 79.5 Å². The summed E-state index contributed by atoms with van der Waals surface area (Å²) in [6, 6.07) is 10.1. The smallest absolute Gasteiger partial charge is 0.371 e. The van der Waals surface area contributed by atoms with Crippen LogP contribution >= 0.6 is 27.7 Å². The highest BCUT2D eigenvalue weighted by Gasteiger charge is 2.11. The van der Waals surface area contributed by atoms with Crippen LogP contribution in [0.4, 0.5) is 5.69 Å². The van der Waals surface area contributed by atoms with Crippen molar-refractivity contribution >= 4 is 45.3 Å². The highest BCUT2D eigenvalue weighted by atomic mass is 79.9. The van der Waals surface area contributed by atoms with Crippen LogP contribution in [-0.4, -0.2) is 22.7 Å². The quantitative estimate of drug-likeness (QED) is 0.802. The van der Waals surface area contributed by atoms with Gasteiger partial charge in [-0.3, -0.25) is 4.79 Å². The van der Waals surface area contributed by atoms with Crippen LogP contribution in [0.15, 0.2) is 50.4 Å². The summed E-state index contributed by atoms with van der Waals surface area (Å²) in [5.41, 5.74) is 0.699. The first kappa shape index (κ1) is 14.7. The highest BCUT2D eigenvalue weighted by Crippen LogP contribution is 2.21. The van der Waals surface area contributed by atoms with E-state index in [1.54, 1.807) is 12.1 Å². The number of amides is 1. The minimum absolute atomic E-state index is 0.138. The molecule has 0 aliphatic carbocycles. The van der Waals surface area contributed by atoms with Gasteiger partial charge in [0.05, 0.1) is 5.75 Å². The van der Waals surface area contributed by atoms with E-state index in [0.717, 1.165) is 16.2 Å². The molecule has 1 heterocycles. The Morgan fingerprint density at radius 1 is 1.20 bits per heavy atom. The number of aromatic carboxylic acids is 1. The minimum Gasteiger partial charge on any atom is -0.475 e. The fourth-order valence-electron chi connectivity index (χ4n) is 1.38.